The fraction of sp³-hybridized carbons (Fsp3) is 0.522. The molecular formula is C23H28F2N4O5S. The number of carbonyl (C=O) groups is 1. The van der Waals surface area contributed by atoms with Gasteiger partial charge >= 0.3 is 6.09 Å². The number of fused-ring (bicyclic) bond motifs is 1. The number of ether oxygens (including phenoxy) is 2. The van der Waals surface area contributed by atoms with Crippen LogP contribution in [-0.4, -0.2) is 59.9 Å². The zero-order valence-corrected chi connectivity index (χ0v) is 20.7. The zero-order chi connectivity index (χ0) is 25.5. The van der Waals surface area contributed by atoms with Crippen molar-refractivity contribution < 1.29 is 31.5 Å². The third-order valence-electron chi connectivity index (χ3n) is 5.84. The molecule has 1 aromatic heterocycles. The van der Waals surface area contributed by atoms with Crippen molar-refractivity contribution in [3.63, 3.8) is 0 Å². The van der Waals surface area contributed by atoms with Gasteiger partial charge in [0.05, 0.1) is 30.2 Å². The number of hydrogen-bond acceptors (Lipinski definition) is 8. The maximum atomic E-state index is 14.6. The summed E-state index contributed by atoms with van der Waals surface area (Å²) >= 11 is 0. The first-order valence-electron chi connectivity index (χ1n) is 11.1. The van der Waals surface area contributed by atoms with Crippen molar-refractivity contribution in [3.8, 4) is 0 Å². The molecule has 0 bridgehead atoms. The molecule has 9 nitrogen and oxygen atoms in total. The molecule has 12 heteroatoms. The minimum Gasteiger partial charge on any atom is -0.444 e. The number of hydrogen-bond donors (Lipinski definition) is 1. The molecule has 0 spiro atoms. The number of carbonyl (C=O) groups excluding carboxylic acids is 1. The average Bonchev–Trinajstić information content (AvgIpc) is 3.17. The molecule has 0 radical (unpaired) electrons. The maximum Gasteiger partial charge on any atom is 0.407 e. The Hall–Kier alpha value is -2.70. The Morgan fingerprint density at radius 3 is 2.63 bits per heavy atom. The van der Waals surface area contributed by atoms with Crippen LogP contribution in [0.1, 0.15) is 50.2 Å². The second-order valence-electron chi connectivity index (χ2n) is 9.84. The predicted octanol–water partition coefficient (Wildman–Crippen LogP) is 2.90. The Morgan fingerprint density at radius 1 is 1.23 bits per heavy atom. The average molecular weight is 511 g/mol. The highest BCUT2D eigenvalue weighted by Gasteiger charge is 2.40. The summed E-state index contributed by atoms with van der Waals surface area (Å²) in [5, 5.41) is 2.67. The Labute approximate surface area is 202 Å². The van der Waals surface area contributed by atoms with Gasteiger partial charge in [-0.1, -0.05) is 0 Å². The molecule has 4 rings (SSSR count). The molecule has 1 fully saturated rings. The number of sulfone groups is 1. The fourth-order valence-electron chi connectivity index (χ4n) is 4.27. The van der Waals surface area contributed by atoms with Crippen LogP contribution in [0.4, 0.5) is 13.6 Å². The number of alkyl carbamates (subject to hydrolysis) is 1. The minimum absolute atomic E-state index is 0.00958. The number of benzene rings is 1. The van der Waals surface area contributed by atoms with Crippen LogP contribution < -0.4 is 5.32 Å². The van der Waals surface area contributed by atoms with Crippen molar-refractivity contribution in [2.45, 2.75) is 69.1 Å². The zero-order valence-electron chi connectivity index (χ0n) is 19.9. The van der Waals surface area contributed by atoms with E-state index in [0.29, 0.717) is 30.9 Å². The molecule has 1 saturated heterocycles. The summed E-state index contributed by atoms with van der Waals surface area (Å²) in [6, 6.07) is 2.18. The van der Waals surface area contributed by atoms with E-state index in [1.165, 1.54) is 6.20 Å². The Balaban J connectivity index is 1.55. The summed E-state index contributed by atoms with van der Waals surface area (Å²) in [4.78, 5) is 23.1. The number of rotatable bonds is 4. The van der Waals surface area contributed by atoms with Crippen LogP contribution >= 0.6 is 0 Å². The van der Waals surface area contributed by atoms with Crippen molar-refractivity contribution in [1.29, 1.82) is 0 Å². The molecule has 35 heavy (non-hydrogen) atoms. The van der Waals surface area contributed by atoms with Crippen molar-refractivity contribution in [3.05, 3.63) is 53.0 Å². The molecule has 3 heterocycles. The van der Waals surface area contributed by atoms with Gasteiger partial charge < -0.3 is 14.8 Å². The molecule has 0 unspecified atom stereocenters. The normalized spacial score (nSPS) is 23.1. The third kappa shape index (κ3) is 5.93. The van der Waals surface area contributed by atoms with E-state index in [0.717, 1.165) is 24.5 Å². The molecule has 2 aliphatic heterocycles. The van der Waals surface area contributed by atoms with Gasteiger partial charge in [0.25, 0.3) is 0 Å². The van der Waals surface area contributed by atoms with Crippen LogP contribution in [-0.2, 0) is 32.4 Å². The van der Waals surface area contributed by atoms with Crippen LogP contribution in [0.5, 0.6) is 0 Å². The predicted molar refractivity (Wildman–Crippen MR) is 121 cm³/mol. The second-order valence-corrected chi connectivity index (χ2v) is 11.8. The number of amides is 1. The van der Waals surface area contributed by atoms with E-state index < -0.39 is 45.3 Å². The molecule has 1 N–H and O–H groups in total. The molecule has 1 aromatic carbocycles. The van der Waals surface area contributed by atoms with Gasteiger partial charge in [0.2, 0.25) is 0 Å². The lowest BCUT2D eigenvalue weighted by Crippen LogP contribution is -2.52. The number of aromatic nitrogens is 2. The Bertz CT molecular complexity index is 1230. The van der Waals surface area contributed by atoms with Gasteiger partial charge in [0, 0.05) is 31.0 Å². The topological polar surface area (TPSA) is 111 Å². The van der Waals surface area contributed by atoms with Gasteiger partial charge in [-0.05, 0) is 45.4 Å². The van der Waals surface area contributed by atoms with E-state index in [2.05, 4.69) is 15.3 Å². The van der Waals surface area contributed by atoms with Gasteiger partial charge in [-0.25, -0.2) is 27.0 Å². The highest BCUT2D eigenvalue weighted by molar-refractivity contribution is 7.90. The minimum atomic E-state index is -3.49. The summed E-state index contributed by atoms with van der Waals surface area (Å²) in [5.74, 6) is -1.25. The number of halogens is 2. The maximum absolute atomic E-state index is 14.6. The van der Waals surface area contributed by atoms with Crippen LogP contribution in [0.3, 0.4) is 0 Å². The lowest BCUT2D eigenvalue weighted by molar-refractivity contribution is -0.0629. The molecule has 2 aromatic rings. The molecule has 190 valence electrons. The lowest BCUT2D eigenvalue weighted by atomic mass is 9.92. The lowest BCUT2D eigenvalue weighted by Gasteiger charge is -2.40. The number of nitrogens with one attached hydrogen (secondary N) is 1. The molecule has 0 aliphatic carbocycles. The summed E-state index contributed by atoms with van der Waals surface area (Å²) < 4.78 is 63.5. The smallest absolute Gasteiger partial charge is 0.407 e. The second kappa shape index (κ2) is 9.40. The van der Waals surface area contributed by atoms with E-state index in [-0.39, 0.29) is 23.2 Å². The van der Waals surface area contributed by atoms with Gasteiger partial charge in [-0.2, -0.15) is 0 Å². The molecule has 0 saturated carbocycles. The van der Waals surface area contributed by atoms with Gasteiger partial charge in [0.1, 0.15) is 23.3 Å². The summed E-state index contributed by atoms with van der Waals surface area (Å²) in [7, 11) is -3.49. The Morgan fingerprint density at radius 2 is 1.94 bits per heavy atom. The first-order valence-corrected chi connectivity index (χ1v) is 13.0. The van der Waals surface area contributed by atoms with E-state index in [9.17, 15) is 22.0 Å². The molecular weight excluding hydrogens is 482 g/mol. The first kappa shape index (κ1) is 25.4. The SMILES string of the molecule is CC(C)(C)OC(=O)N[C@H]1C[C@@H](N2Cc3ncc(S(C)(=O)=O)nc3C2)CO[C@@H]1c1cc(F)ccc1F. The van der Waals surface area contributed by atoms with Crippen molar-refractivity contribution in [2.75, 3.05) is 12.9 Å². The monoisotopic (exact) mass is 510 g/mol. The van der Waals surface area contributed by atoms with Crippen molar-refractivity contribution in [2.24, 2.45) is 0 Å². The number of nitrogens with zero attached hydrogens (tertiary/aromatic N) is 3. The molecule has 3 atom stereocenters. The summed E-state index contributed by atoms with van der Waals surface area (Å²) in [6.45, 7) is 6.12. The van der Waals surface area contributed by atoms with Crippen LogP contribution in [0, 0.1) is 11.6 Å². The first-order chi connectivity index (χ1) is 16.3. The van der Waals surface area contributed by atoms with Crippen LogP contribution in [0.15, 0.2) is 29.4 Å². The highest BCUT2D eigenvalue weighted by Crippen LogP contribution is 2.35. The largest absolute Gasteiger partial charge is 0.444 e. The quantitative estimate of drug-likeness (QED) is 0.669. The van der Waals surface area contributed by atoms with E-state index in [1.54, 1.807) is 20.8 Å². The van der Waals surface area contributed by atoms with Gasteiger partial charge in [-0.15, -0.1) is 0 Å². The Kier molecular flexibility index (Phi) is 6.82. The van der Waals surface area contributed by atoms with Crippen molar-refractivity contribution >= 4 is 15.9 Å². The third-order valence-corrected chi connectivity index (χ3v) is 6.79. The van der Waals surface area contributed by atoms with E-state index in [1.807, 2.05) is 4.90 Å². The van der Waals surface area contributed by atoms with Crippen LogP contribution in [0.25, 0.3) is 0 Å². The molecule has 1 amide bonds. The van der Waals surface area contributed by atoms with Gasteiger partial charge in [0.15, 0.2) is 14.9 Å². The molecule has 2 aliphatic rings. The van der Waals surface area contributed by atoms with Gasteiger partial charge in [-0.3, -0.25) is 9.88 Å². The fourth-order valence-corrected chi connectivity index (χ4v) is 4.79. The van der Waals surface area contributed by atoms with Crippen molar-refractivity contribution in [1.82, 2.24) is 20.2 Å². The van der Waals surface area contributed by atoms with E-state index in [4.69, 9.17) is 9.47 Å². The summed E-state index contributed by atoms with van der Waals surface area (Å²) in [6.07, 6.45) is 1.05. The highest BCUT2D eigenvalue weighted by atomic mass is 32.2. The standard InChI is InChI=1S/C23H28F2N4O5S/c1-23(2,3)34-22(30)28-17-8-14(12-33-21(17)15-7-13(24)5-6-16(15)25)29-10-18-19(11-29)27-20(9-26-18)35(4,31)32/h5-7,9,14,17,21H,8,10-12H2,1-4H3,(H,28,30)/t14-,17+,21-/m1/s1. The van der Waals surface area contributed by atoms with E-state index >= 15 is 0 Å². The summed E-state index contributed by atoms with van der Waals surface area (Å²) in [5.41, 5.74) is 0.481. The van der Waals surface area contributed by atoms with Crippen LogP contribution in [0.2, 0.25) is 0 Å².